The topological polar surface area (TPSA) is 20.2 Å². The molecule has 1 N–H and O–H groups in total. The number of unbranched alkanes of at least 4 members (excludes halogenated alkanes) is 9. The van der Waals surface area contributed by atoms with Crippen molar-refractivity contribution >= 4 is 22.6 Å². The fourth-order valence-electron chi connectivity index (χ4n) is 3.32. The first kappa shape index (κ1) is 26.6. The molecule has 1 atom stereocenters. The van der Waals surface area contributed by atoms with E-state index in [2.05, 4.69) is 43.4 Å². The van der Waals surface area contributed by atoms with Crippen LogP contribution in [0, 0.1) is 0 Å². The number of nitrogens with zero attached hydrogens (tertiary/aromatic N) is 1. The van der Waals surface area contributed by atoms with Gasteiger partial charge >= 0.3 is 0 Å². The van der Waals surface area contributed by atoms with Crippen LogP contribution in [0.1, 0.15) is 85.0 Å². The van der Waals surface area contributed by atoms with E-state index in [-0.39, 0.29) is 30.1 Å². The van der Waals surface area contributed by atoms with Crippen molar-refractivity contribution < 1.29 is 33.6 Å². The number of aliphatic hydroxyl groups excluding tert-OH is 1. The monoisotopic (exact) mass is 553 g/mol. The number of halogens is 2. The van der Waals surface area contributed by atoms with Gasteiger partial charge in [0.25, 0.3) is 0 Å². The summed E-state index contributed by atoms with van der Waals surface area (Å²) in [5.41, 5.74) is 0. The second-order valence-corrected chi connectivity index (χ2v) is 7.75. The van der Waals surface area contributed by atoms with Crippen molar-refractivity contribution in [2.75, 3.05) is 30.6 Å². The zero-order chi connectivity index (χ0) is 16.7. The molecule has 0 aliphatic rings. The van der Waals surface area contributed by atoms with Gasteiger partial charge in [-0.25, -0.2) is 0 Å². The number of quaternary nitrogens is 1. The third kappa shape index (κ3) is 14.3. The van der Waals surface area contributed by atoms with Crippen LogP contribution in [0.5, 0.6) is 0 Å². The lowest BCUT2D eigenvalue weighted by Gasteiger charge is -2.38. The Morgan fingerprint density at radius 2 is 1.22 bits per heavy atom. The normalized spacial score (nSPS) is 12.9. The Kier molecular flexibility index (Phi) is 21.0. The van der Waals surface area contributed by atoms with Crippen LogP contribution in [0.4, 0.5) is 0 Å². The maximum Gasteiger partial charge on any atom is 0.112 e. The lowest BCUT2D eigenvalue weighted by molar-refractivity contribution is -0.927. The molecule has 0 fully saturated rings. The van der Waals surface area contributed by atoms with Gasteiger partial charge in [0.1, 0.15) is 12.6 Å². The molecule has 0 bridgehead atoms. The Balaban J connectivity index is 0. The van der Waals surface area contributed by atoms with Gasteiger partial charge in [0.15, 0.2) is 0 Å². The minimum atomic E-state index is -0.136. The maximum atomic E-state index is 9.99. The van der Waals surface area contributed by atoms with Crippen LogP contribution in [-0.4, -0.2) is 46.3 Å². The van der Waals surface area contributed by atoms with Crippen molar-refractivity contribution in [1.82, 2.24) is 0 Å². The third-order valence-corrected chi connectivity index (χ3v) is 6.12. The van der Waals surface area contributed by atoms with E-state index in [9.17, 15) is 5.11 Å². The summed E-state index contributed by atoms with van der Waals surface area (Å²) in [4.78, 5) is 0. The van der Waals surface area contributed by atoms with Crippen molar-refractivity contribution in [1.29, 1.82) is 0 Å². The SMILES string of the molecule is CCCCCCCCCCCC[N+](CC)(CC)CC(O)CI.[I-]. The Morgan fingerprint density at radius 1 is 0.783 bits per heavy atom. The van der Waals surface area contributed by atoms with Gasteiger partial charge in [-0.05, 0) is 26.7 Å². The second-order valence-electron chi connectivity index (χ2n) is 6.87. The summed E-state index contributed by atoms with van der Waals surface area (Å²) in [6.07, 6.45) is 13.9. The molecule has 0 radical (unpaired) electrons. The summed E-state index contributed by atoms with van der Waals surface area (Å²) in [6, 6.07) is 0. The molecular weight excluding hydrogens is 512 g/mol. The molecule has 0 spiro atoms. The van der Waals surface area contributed by atoms with Gasteiger partial charge in [-0.3, -0.25) is 0 Å². The van der Waals surface area contributed by atoms with Gasteiger partial charge in [0, 0.05) is 4.43 Å². The average Bonchev–Trinajstić information content (AvgIpc) is 2.55. The van der Waals surface area contributed by atoms with E-state index in [0.717, 1.165) is 28.5 Å². The largest absolute Gasteiger partial charge is 1.00 e. The lowest BCUT2D eigenvalue weighted by Crippen LogP contribution is -3.00. The third-order valence-electron chi connectivity index (χ3n) is 5.10. The number of aliphatic hydroxyl groups is 1. The molecule has 0 saturated heterocycles. The van der Waals surface area contributed by atoms with E-state index in [1.807, 2.05) is 0 Å². The van der Waals surface area contributed by atoms with E-state index in [0.29, 0.717) is 0 Å². The first-order valence-corrected chi connectivity index (χ1v) is 11.3. The molecule has 0 aromatic rings. The standard InChI is InChI=1S/C19H41INO.HI/c1-4-7-8-9-10-11-12-13-14-15-16-21(5-2,6-3)18-19(22)17-20;/h19,22H,4-18H2,1-3H3;1H/q+1;/p-1. The molecular formula is C19H41I2NO. The first-order valence-electron chi connectivity index (χ1n) is 9.73. The predicted molar refractivity (Wildman–Crippen MR) is 108 cm³/mol. The van der Waals surface area contributed by atoms with E-state index in [1.165, 1.54) is 70.8 Å². The molecule has 4 heteroatoms. The van der Waals surface area contributed by atoms with Crippen LogP contribution < -0.4 is 24.0 Å². The molecule has 0 amide bonds. The molecule has 142 valence electrons. The van der Waals surface area contributed by atoms with Crippen molar-refractivity contribution in [3.8, 4) is 0 Å². The molecule has 0 saturated carbocycles. The van der Waals surface area contributed by atoms with Gasteiger partial charge in [-0.1, -0.05) is 80.9 Å². The molecule has 23 heavy (non-hydrogen) atoms. The molecule has 0 rings (SSSR count). The van der Waals surface area contributed by atoms with Gasteiger partial charge in [0.2, 0.25) is 0 Å². The summed E-state index contributed by atoms with van der Waals surface area (Å²) < 4.78 is 1.96. The van der Waals surface area contributed by atoms with E-state index in [4.69, 9.17) is 0 Å². The number of rotatable bonds is 16. The molecule has 1 unspecified atom stereocenters. The Labute approximate surface area is 176 Å². The molecule has 0 aromatic heterocycles. The molecule has 0 aliphatic carbocycles. The highest BCUT2D eigenvalue weighted by Gasteiger charge is 2.25. The van der Waals surface area contributed by atoms with Crippen LogP contribution in [0.25, 0.3) is 0 Å². The predicted octanol–water partition coefficient (Wildman–Crippen LogP) is 2.56. The van der Waals surface area contributed by atoms with Crippen molar-refractivity contribution in [2.45, 2.75) is 91.1 Å². The molecule has 0 aliphatic heterocycles. The highest BCUT2D eigenvalue weighted by atomic mass is 127. The highest BCUT2D eigenvalue weighted by Crippen LogP contribution is 2.15. The summed E-state index contributed by atoms with van der Waals surface area (Å²) in [7, 11) is 0. The Bertz CT molecular complexity index is 235. The van der Waals surface area contributed by atoms with Crippen LogP contribution in [0.15, 0.2) is 0 Å². The Hall–Kier alpha value is 1.38. The molecule has 2 nitrogen and oxygen atoms in total. The lowest BCUT2D eigenvalue weighted by atomic mass is 10.1. The number of hydrogen-bond donors (Lipinski definition) is 1. The first-order chi connectivity index (χ1) is 10.6. The second kappa shape index (κ2) is 18.2. The molecule has 0 heterocycles. The number of hydrogen-bond acceptors (Lipinski definition) is 1. The van der Waals surface area contributed by atoms with Gasteiger partial charge in [-0.2, -0.15) is 0 Å². The zero-order valence-corrected chi connectivity index (χ0v) is 20.1. The van der Waals surface area contributed by atoms with Gasteiger partial charge < -0.3 is 33.6 Å². The van der Waals surface area contributed by atoms with Crippen LogP contribution in [-0.2, 0) is 0 Å². The smallest absolute Gasteiger partial charge is 0.112 e. The highest BCUT2D eigenvalue weighted by molar-refractivity contribution is 14.1. The summed E-state index contributed by atoms with van der Waals surface area (Å²) >= 11 is 2.30. The number of likely N-dealkylation sites (N-methyl/N-ethyl adjacent to an activating group) is 1. The fraction of sp³-hybridized carbons (Fsp3) is 1.00. The Morgan fingerprint density at radius 3 is 1.61 bits per heavy atom. The summed E-state index contributed by atoms with van der Waals surface area (Å²) in [6.45, 7) is 11.3. The van der Waals surface area contributed by atoms with Crippen LogP contribution >= 0.6 is 22.6 Å². The van der Waals surface area contributed by atoms with Gasteiger partial charge in [-0.15, -0.1) is 0 Å². The van der Waals surface area contributed by atoms with Gasteiger partial charge in [0.05, 0.1) is 19.6 Å². The van der Waals surface area contributed by atoms with Crippen molar-refractivity contribution in [3.05, 3.63) is 0 Å². The zero-order valence-electron chi connectivity index (χ0n) is 15.8. The summed E-state index contributed by atoms with van der Waals surface area (Å²) in [5.74, 6) is 0. The van der Waals surface area contributed by atoms with E-state index in [1.54, 1.807) is 0 Å². The molecule has 0 aromatic carbocycles. The van der Waals surface area contributed by atoms with E-state index < -0.39 is 0 Å². The minimum absolute atomic E-state index is 0. The maximum absolute atomic E-state index is 9.99. The average molecular weight is 553 g/mol. The van der Waals surface area contributed by atoms with Crippen LogP contribution in [0.2, 0.25) is 0 Å². The van der Waals surface area contributed by atoms with E-state index >= 15 is 0 Å². The van der Waals surface area contributed by atoms with Crippen molar-refractivity contribution in [2.24, 2.45) is 0 Å². The number of alkyl halides is 1. The van der Waals surface area contributed by atoms with Crippen molar-refractivity contribution in [3.63, 3.8) is 0 Å². The van der Waals surface area contributed by atoms with Crippen LogP contribution in [0.3, 0.4) is 0 Å². The minimum Gasteiger partial charge on any atom is -1.00 e. The quantitative estimate of drug-likeness (QED) is 0.135. The fourth-order valence-corrected chi connectivity index (χ4v) is 3.60. The summed E-state index contributed by atoms with van der Waals surface area (Å²) in [5, 5.41) is 9.99.